The van der Waals surface area contributed by atoms with Gasteiger partial charge in [-0.3, -0.25) is 9.59 Å². The van der Waals surface area contributed by atoms with Crippen LogP contribution < -0.4 is 5.32 Å². The van der Waals surface area contributed by atoms with Crippen LogP contribution in [0.15, 0.2) is 78.9 Å². The summed E-state index contributed by atoms with van der Waals surface area (Å²) in [5.41, 5.74) is 3.55. The number of nitrogens with one attached hydrogen (secondary N) is 1. The van der Waals surface area contributed by atoms with E-state index in [0.29, 0.717) is 18.4 Å². The van der Waals surface area contributed by atoms with E-state index in [0.717, 1.165) is 23.1 Å². The Morgan fingerprint density at radius 3 is 2.23 bits per heavy atom. The maximum Gasteiger partial charge on any atom is 0.243 e. The molecule has 2 atom stereocenters. The Bertz CT molecular complexity index is 1100. The van der Waals surface area contributed by atoms with Gasteiger partial charge >= 0.3 is 0 Å². The van der Waals surface area contributed by atoms with Crippen molar-refractivity contribution in [1.29, 1.82) is 0 Å². The van der Waals surface area contributed by atoms with Gasteiger partial charge in [-0.2, -0.15) is 0 Å². The second-order valence-corrected chi connectivity index (χ2v) is 9.12. The Morgan fingerprint density at radius 1 is 0.914 bits per heavy atom. The monoisotopic (exact) mass is 474 g/mol. The van der Waals surface area contributed by atoms with E-state index >= 15 is 0 Å². The molecule has 0 aliphatic rings. The average molecular weight is 475 g/mol. The molecule has 0 saturated heterocycles. The number of aryl methyl sites for hydroxylation is 2. The van der Waals surface area contributed by atoms with E-state index in [1.54, 1.807) is 23.1 Å². The van der Waals surface area contributed by atoms with Gasteiger partial charge in [0.25, 0.3) is 0 Å². The van der Waals surface area contributed by atoms with Crippen LogP contribution in [0.2, 0.25) is 0 Å². The molecule has 35 heavy (non-hydrogen) atoms. The van der Waals surface area contributed by atoms with Crippen molar-refractivity contribution >= 4 is 11.8 Å². The second kappa shape index (κ2) is 12.8. The molecule has 1 N–H and O–H groups in total. The molecule has 0 aromatic heterocycles. The van der Waals surface area contributed by atoms with Gasteiger partial charge in [0.1, 0.15) is 11.9 Å². The smallest absolute Gasteiger partial charge is 0.243 e. The molecule has 184 valence electrons. The van der Waals surface area contributed by atoms with Crippen molar-refractivity contribution < 1.29 is 14.0 Å². The number of nitrogens with zero attached hydrogens (tertiary/aromatic N) is 1. The molecule has 0 radical (unpaired) electrons. The molecule has 3 aromatic rings. The predicted octanol–water partition coefficient (Wildman–Crippen LogP) is 5.62. The summed E-state index contributed by atoms with van der Waals surface area (Å²) in [6, 6.07) is 23.4. The third-order valence-electron chi connectivity index (χ3n) is 6.32. The Kier molecular flexibility index (Phi) is 9.59. The zero-order chi connectivity index (χ0) is 25.2. The highest BCUT2D eigenvalue weighted by atomic mass is 19.1. The molecule has 0 saturated carbocycles. The lowest BCUT2D eigenvalue weighted by Crippen LogP contribution is -2.52. The summed E-state index contributed by atoms with van der Waals surface area (Å²) in [7, 11) is 0. The summed E-state index contributed by atoms with van der Waals surface area (Å²) in [6.45, 7) is 6.00. The van der Waals surface area contributed by atoms with Crippen LogP contribution in [-0.2, 0) is 29.0 Å². The largest absolute Gasteiger partial charge is 0.352 e. The van der Waals surface area contributed by atoms with Gasteiger partial charge in [0.2, 0.25) is 11.8 Å². The van der Waals surface area contributed by atoms with Crippen molar-refractivity contribution in [2.75, 3.05) is 0 Å². The van der Waals surface area contributed by atoms with E-state index in [9.17, 15) is 14.0 Å². The third kappa shape index (κ3) is 7.78. The quantitative estimate of drug-likeness (QED) is 0.392. The van der Waals surface area contributed by atoms with Crippen LogP contribution in [0, 0.1) is 12.7 Å². The van der Waals surface area contributed by atoms with Gasteiger partial charge in [-0.1, -0.05) is 85.3 Å². The summed E-state index contributed by atoms with van der Waals surface area (Å²) in [5.74, 6) is -0.776. The molecule has 4 nitrogen and oxygen atoms in total. The molecule has 5 heteroatoms. The van der Waals surface area contributed by atoms with Gasteiger partial charge in [0, 0.05) is 31.0 Å². The molecule has 0 spiro atoms. The van der Waals surface area contributed by atoms with Gasteiger partial charge in [0.05, 0.1) is 0 Å². The minimum Gasteiger partial charge on any atom is -0.352 e. The summed E-state index contributed by atoms with van der Waals surface area (Å²) in [5, 5.41) is 3.04. The number of amides is 2. The van der Waals surface area contributed by atoms with Crippen molar-refractivity contribution in [3.63, 3.8) is 0 Å². The molecule has 2 amide bonds. The van der Waals surface area contributed by atoms with Gasteiger partial charge in [-0.15, -0.1) is 0 Å². The number of hydrogen-bond donors (Lipinski definition) is 1. The van der Waals surface area contributed by atoms with Crippen molar-refractivity contribution in [3.8, 4) is 0 Å². The van der Waals surface area contributed by atoms with Crippen LogP contribution in [0.25, 0.3) is 0 Å². The predicted molar refractivity (Wildman–Crippen MR) is 138 cm³/mol. The first kappa shape index (κ1) is 26.1. The topological polar surface area (TPSA) is 49.4 Å². The standard InChI is InChI=1S/C30H35FN2O2/c1-4-23(3)32-30(35)28(20-25-10-6-5-7-11-25)33(21-26-12-8-9-13-27(26)31)29(34)19-18-24-16-14-22(2)15-17-24/h5-17,23,28H,4,18-21H2,1-3H3,(H,32,35)/t23-,28+/m0/s1. The van der Waals surface area contributed by atoms with E-state index in [-0.39, 0.29) is 36.6 Å². The van der Waals surface area contributed by atoms with Gasteiger partial charge in [-0.25, -0.2) is 4.39 Å². The lowest BCUT2D eigenvalue weighted by Gasteiger charge is -2.32. The van der Waals surface area contributed by atoms with Crippen LogP contribution in [0.5, 0.6) is 0 Å². The van der Waals surface area contributed by atoms with Crippen LogP contribution in [-0.4, -0.2) is 28.8 Å². The van der Waals surface area contributed by atoms with Crippen molar-refractivity contribution in [1.82, 2.24) is 10.2 Å². The fraction of sp³-hybridized carbons (Fsp3) is 0.333. The number of hydrogen-bond acceptors (Lipinski definition) is 2. The van der Waals surface area contributed by atoms with Crippen LogP contribution in [0.4, 0.5) is 4.39 Å². The lowest BCUT2D eigenvalue weighted by atomic mass is 10.0. The summed E-state index contributed by atoms with van der Waals surface area (Å²) in [6.07, 6.45) is 1.92. The fourth-order valence-electron chi connectivity index (χ4n) is 3.95. The van der Waals surface area contributed by atoms with Crippen molar-refractivity contribution in [2.24, 2.45) is 0 Å². The second-order valence-electron chi connectivity index (χ2n) is 9.12. The van der Waals surface area contributed by atoms with Gasteiger partial charge in [-0.05, 0) is 43.9 Å². The van der Waals surface area contributed by atoms with E-state index in [1.165, 1.54) is 6.07 Å². The Hall–Kier alpha value is -3.47. The SMILES string of the molecule is CC[C@H](C)NC(=O)[C@@H](Cc1ccccc1)N(Cc1ccccc1F)C(=O)CCc1ccc(C)cc1. The zero-order valence-corrected chi connectivity index (χ0v) is 20.8. The minimum atomic E-state index is -0.753. The van der Waals surface area contributed by atoms with Gasteiger partial charge < -0.3 is 10.2 Å². The number of benzene rings is 3. The Labute approximate surface area is 208 Å². The first-order valence-electron chi connectivity index (χ1n) is 12.3. The molecule has 0 fully saturated rings. The maximum absolute atomic E-state index is 14.6. The number of halogens is 1. The molecule has 0 heterocycles. The molecule has 0 bridgehead atoms. The van der Waals surface area contributed by atoms with Crippen LogP contribution >= 0.6 is 0 Å². The lowest BCUT2D eigenvalue weighted by molar-refractivity contribution is -0.141. The first-order valence-corrected chi connectivity index (χ1v) is 12.3. The van der Waals surface area contributed by atoms with E-state index in [4.69, 9.17) is 0 Å². The molecular formula is C30H35FN2O2. The zero-order valence-electron chi connectivity index (χ0n) is 20.8. The summed E-state index contributed by atoms with van der Waals surface area (Å²) < 4.78 is 14.6. The van der Waals surface area contributed by atoms with Crippen LogP contribution in [0.1, 0.15) is 48.9 Å². The Balaban J connectivity index is 1.91. The maximum atomic E-state index is 14.6. The number of carbonyl (C=O) groups excluding carboxylic acids is 2. The minimum absolute atomic E-state index is 0.0289. The third-order valence-corrected chi connectivity index (χ3v) is 6.32. The van der Waals surface area contributed by atoms with Gasteiger partial charge in [0.15, 0.2) is 0 Å². The fourth-order valence-corrected chi connectivity index (χ4v) is 3.95. The molecule has 0 unspecified atom stereocenters. The van der Waals surface area contributed by atoms with Crippen molar-refractivity contribution in [3.05, 3.63) is 107 Å². The highest BCUT2D eigenvalue weighted by molar-refractivity contribution is 5.88. The van der Waals surface area contributed by atoms with E-state index in [2.05, 4.69) is 5.32 Å². The summed E-state index contributed by atoms with van der Waals surface area (Å²) in [4.78, 5) is 28.6. The van der Waals surface area contributed by atoms with Crippen molar-refractivity contribution in [2.45, 2.75) is 65.1 Å². The average Bonchev–Trinajstić information content (AvgIpc) is 2.87. The molecule has 0 aliphatic carbocycles. The molecular weight excluding hydrogens is 439 g/mol. The van der Waals surface area contributed by atoms with E-state index < -0.39 is 6.04 Å². The van der Waals surface area contributed by atoms with Crippen LogP contribution in [0.3, 0.4) is 0 Å². The first-order chi connectivity index (χ1) is 16.9. The summed E-state index contributed by atoms with van der Waals surface area (Å²) >= 11 is 0. The Morgan fingerprint density at radius 2 is 1.57 bits per heavy atom. The normalized spacial score (nSPS) is 12.6. The molecule has 3 rings (SSSR count). The highest BCUT2D eigenvalue weighted by Gasteiger charge is 2.31. The number of rotatable bonds is 11. The molecule has 0 aliphatic heterocycles. The number of carbonyl (C=O) groups is 2. The highest BCUT2D eigenvalue weighted by Crippen LogP contribution is 2.19. The molecule has 3 aromatic carbocycles. The van der Waals surface area contributed by atoms with E-state index in [1.807, 2.05) is 75.4 Å².